The van der Waals surface area contributed by atoms with Crippen molar-refractivity contribution in [1.29, 1.82) is 0 Å². The largest absolute Gasteiger partial charge is 0.449 e. The summed E-state index contributed by atoms with van der Waals surface area (Å²) in [4.78, 5) is 36.3. The number of hydrogen-bond donors (Lipinski definition) is 1. The monoisotopic (exact) mass is 441 g/mol. The van der Waals surface area contributed by atoms with Crippen LogP contribution in [0.3, 0.4) is 0 Å². The van der Waals surface area contributed by atoms with Crippen molar-refractivity contribution < 1.29 is 23.9 Å². The van der Waals surface area contributed by atoms with Gasteiger partial charge in [-0.2, -0.15) is 0 Å². The minimum Gasteiger partial charge on any atom is -0.449 e. The molecule has 166 valence electrons. The van der Waals surface area contributed by atoms with Crippen molar-refractivity contribution in [2.24, 2.45) is 0 Å². The highest BCUT2D eigenvalue weighted by atomic mass is 16.6. The van der Waals surface area contributed by atoms with Crippen LogP contribution < -0.4 is 5.32 Å². The maximum atomic E-state index is 12.2. The van der Waals surface area contributed by atoms with Crippen LogP contribution >= 0.6 is 0 Å². The number of ketones is 1. The number of amides is 1. The first kappa shape index (κ1) is 22.0. The molecule has 0 atom stereocenters. The van der Waals surface area contributed by atoms with Crippen LogP contribution in [-0.4, -0.2) is 31.0 Å². The van der Waals surface area contributed by atoms with E-state index in [0.29, 0.717) is 5.56 Å². The van der Waals surface area contributed by atoms with Gasteiger partial charge in [0.2, 0.25) is 0 Å². The van der Waals surface area contributed by atoms with Gasteiger partial charge in [-0.1, -0.05) is 78.9 Å². The highest BCUT2D eigenvalue weighted by Crippen LogP contribution is 2.44. The summed E-state index contributed by atoms with van der Waals surface area (Å²) in [6, 6.07) is 24.7. The Morgan fingerprint density at radius 2 is 1.42 bits per heavy atom. The summed E-state index contributed by atoms with van der Waals surface area (Å²) in [6.45, 7) is 1.28. The molecule has 1 aliphatic rings. The molecule has 0 saturated heterocycles. The third-order valence-electron chi connectivity index (χ3n) is 5.39. The lowest BCUT2D eigenvalue weighted by atomic mass is 9.98. The zero-order valence-corrected chi connectivity index (χ0v) is 18.1. The fraction of sp³-hybridized carbons (Fsp3) is 0.148. The Kier molecular flexibility index (Phi) is 6.64. The number of allylic oxidation sites excluding steroid dienone is 2. The van der Waals surface area contributed by atoms with E-state index in [1.807, 2.05) is 42.5 Å². The molecule has 3 aromatic carbocycles. The Morgan fingerprint density at radius 1 is 0.848 bits per heavy atom. The van der Waals surface area contributed by atoms with Crippen molar-refractivity contribution in [3.63, 3.8) is 0 Å². The Labute approximate surface area is 191 Å². The number of nitrogens with one attached hydrogen (secondary N) is 1. The summed E-state index contributed by atoms with van der Waals surface area (Å²) in [7, 11) is 0. The molecule has 1 aliphatic carbocycles. The third kappa shape index (κ3) is 5.18. The molecule has 0 radical (unpaired) electrons. The zero-order valence-electron chi connectivity index (χ0n) is 18.1. The molecule has 0 bridgehead atoms. The minimum atomic E-state index is -0.712. The van der Waals surface area contributed by atoms with Crippen molar-refractivity contribution in [2.75, 3.05) is 13.2 Å². The van der Waals surface area contributed by atoms with Gasteiger partial charge >= 0.3 is 12.1 Å². The fourth-order valence-corrected chi connectivity index (χ4v) is 3.91. The van der Waals surface area contributed by atoms with E-state index in [1.54, 1.807) is 24.3 Å². The van der Waals surface area contributed by atoms with E-state index in [9.17, 15) is 14.4 Å². The predicted octanol–water partition coefficient (Wildman–Crippen LogP) is 4.86. The lowest BCUT2D eigenvalue weighted by Crippen LogP contribution is -2.31. The third-order valence-corrected chi connectivity index (χ3v) is 5.39. The summed E-state index contributed by atoms with van der Waals surface area (Å²) in [5.74, 6) is -0.893. The van der Waals surface area contributed by atoms with Gasteiger partial charge in [-0.05, 0) is 29.2 Å². The first-order valence-corrected chi connectivity index (χ1v) is 10.6. The summed E-state index contributed by atoms with van der Waals surface area (Å²) in [5.41, 5.74) is 4.98. The average molecular weight is 441 g/mol. The highest BCUT2D eigenvalue weighted by molar-refractivity contribution is 6.04. The van der Waals surface area contributed by atoms with E-state index < -0.39 is 12.1 Å². The summed E-state index contributed by atoms with van der Waals surface area (Å²) in [5, 5.41) is 2.40. The highest BCUT2D eigenvalue weighted by Gasteiger charge is 2.29. The SMILES string of the molecule is C/C(=C\C(=O)c1ccccc1)OC(=O)CNC(=O)OCC1c2ccccc2-c2ccccc21. The number of benzene rings is 3. The molecule has 4 rings (SSSR count). The molecular formula is C27H23NO5. The quantitative estimate of drug-likeness (QED) is 0.245. The van der Waals surface area contributed by atoms with Crippen molar-refractivity contribution in [3.8, 4) is 11.1 Å². The van der Waals surface area contributed by atoms with Gasteiger partial charge in [-0.3, -0.25) is 4.79 Å². The van der Waals surface area contributed by atoms with Crippen LogP contribution in [0.5, 0.6) is 0 Å². The normalized spacial score (nSPS) is 12.5. The van der Waals surface area contributed by atoms with Crippen molar-refractivity contribution in [1.82, 2.24) is 5.32 Å². The molecule has 6 heteroatoms. The number of carbonyl (C=O) groups is 3. The van der Waals surface area contributed by atoms with Crippen LogP contribution in [0.15, 0.2) is 90.7 Å². The second-order valence-electron chi connectivity index (χ2n) is 7.64. The van der Waals surface area contributed by atoms with Gasteiger partial charge in [0.25, 0.3) is 0 Å². The second kappa shape index (κ2) is 9.96. The van der Waals surface area contributed by atoms with E-state index in [0.717, 1.165) is 22.3 Å². The molecule has 0 unspecified atom stereocenters. The van der Waals surface area contributed by atoms with Crippen LogP contribution in [-0.2, 0) is 14.3 Å². The molecule has 0 saturated carbocycles. The maximum Gasteiger partial charge on any atom is 0.407 e. The fourth-order valence-electron chi connectivity index (χ4n) is 3.91. The number of esters is 1. The molecule has 1 N–H and O–H groups in total. The van der Waals surface area contributed by atoms with E-state index in [4.69, 9.17) is 9.47 Å². The molecule has 33 heavy (non-hydrogen) atoms. The molecule has 6 nitrogen and oxygen atoms in total. The summed E-state index contributed by atoms with van der Waals surface area (Å²) < 4.78 is 10.5. The van der Waals surface area contributed by atoms with Gasteiger partial charge in [0, 0.05) is 17.6 Å². The van der Waals surface area contributed by atoms with Gasteiger partial charge in [0.15, 0.2) is 5.78 Å². The maximum absolute atomic E-state index is 12.2. The molecule has 0 aromatic heterocycles. The van der Waals surface area contributed by atoms with Crippen LogP contribution in [0, 0.1) is 0 Å². The first-order chi connectivity index (χ1) is 16.0. The van der Waals surface area contributed by atoms with Crippen molar-refractivity contribution in [2.45, 2.75) is 12.8 Å². The molecular weight excluding hydrogens is 418 g/mol. The van der Waals surface area contributed by atoms with E-state index in [-0.39, 0.29) is 30.6 Å². The predicted molar refractivity (Wildman–Crippen MR) is 124 cm³/mol. The van der Waals surface area contributed by atoms with Gasteiger partial charge in [0.1, 0.15) is 18.9 Å². The van der Waals surface area contributed by atoms with E-state index in [2.05, 4.69) is 17.4 Å². The van der Waals surface area contributed by atoms with Gasteiger partial charge in [-0.15, -0.1) is 0 Å². The van der Waals surface area contributed by atoms with Gasteiger partial charge < -0.3 is 14.8 Å². The summed E-state index contributed by atoms with van der Waals surface area (Å²) >= 11 is 0. The molecule has 1 amide bonds. The first-order valence-electron chi connectivity index (χ1n) is 10.6. The topological polar surface area (TPSA) is 81.7 Å². The number of carbonyl (C=O) groups excluding carboxylic acids is 3. The number of hydrogen-bond acceptors (Lipinski definition) is 5. The van der Waals surface area contributed by atoms with Crippen LogP contribution in [0.2, 0.25) is 0 Å². The molecule has 3 aromatic rings. The van der Waals surface area contributed by atoms with E-state index >= 15 is 0 Å². The lowest BCUT2D eigenvalue weighted by molar-refractivity contribution is -0.138. The molecule has 0 fully saturated rings. The minimum absolute atomic E-state index is 0.0655. The molecule has 0 heterocycles. The Hall–Kier alpha value is -4.19. The number of rotatable bonds is 7. The standard InChI is InChI=1S/C27H23NO5/c1-18(15-25(29)19-9-3-2-4-10-19)33-26(30)16-28-27(31)32-17-24-22-13-7-5-11-20(22)21-12-6-8-14-23(21)24/h2-15,24H,16-17H2,1H3,(H,28,31)/b18-15+. The number of alkyl carbamates (subject to hydrolysis) is 1. The van der Waals surface area contributed by atoms with Gasteiger partial charge in [-0.25, -0.2) is 9.59 Å². The zero-order chi connectivity index (χ0) is 23.2. The van der Waals surface area contributed by atoms with Crippen LogP contribution in [0.1, 0.15) is 34.3 Å². The Bertz CT molecular complexity index is 1170. The van der Waals surface area contributed by atoms with Crippen LogP contribution in [0.25, 0.3) is 11.1 Å². The van der Waals surface area contributed by atoms with E-state index in [1.165, 1.54) is 13.0 Å². The lowest BCUT2D eigenvalue weighted by Gasteiger charge is -2.14. The smallest absolute Gasteiger partial charge is 0.407 e. The van der Waals surface area contributed by atoms with Crippen molar-refractivity contribution >= 4 is 17.8 Å². The van der Waals surface area contributed by atoms with Gasteiger partial charge in [0.05, 0.1) is 0 Å². The number of fused-ring (bicyclic) bond motifs is 3. The van der Waals surface area contributed by atoms with Crippen molar-refractivity contribution in [3.05, 3.63) is 107 Å². The molecule has 0 aliphatic heterocycles. The summed E-state index contributed by atoms with van der Waals surface area (Å²) in [6.07, 6.45) is 0.524. The average Bonchev–Trinajstić information content (AvgIpc) is 3.15. The van der Waals surface area contributed by atoms with Crippen LogP contribution in [0.4, 0.5) is 4.79 Å². The second-order valence-corrected chi connectivity index (χ2v) is 7.64. The Morgan fingerprint density at radius 3 is 2.06 bits per heavy atom. The molecule has 0 spiro atoms. The number of ether oxygens (including phenoxy) is 2. The Balaban J connectivity index is 1.27.